The number of hydrazone groups is 1. The number of rotatable bonds is 9. The summed E-state index contributed by atoms with van der Waals surface area (Å²) in [5.74, 6) is -0.340. The summed E-state index contributed by atoms with van der Waals surface area (Å²) < 4.78 is 10.9. The Morgan fingerprint density at radius 3 is 3.00 bits per heavy atom. The number of hydrogen-bond acceptors (Lipinski definition) is 5. The number of esters is 1. The van der Waals surface area contributed by atoms with E-state index in [1.807, 2.05) is 6.92 Å². The van der Waals surface area contributed by atoms with Gasteiger partial charge >= 0.3 is 5.97 Å². The van der Waals surface area contributed by atoms with Crippen LogP contribution in [0, 0.1) is 5.92 Å². The van der Waals surface area contributed by atoms with Crippen LogP contribution in [0.3, 0.4) is 0 Å². The highest BCUT2D eigenvalue weighted by molar-refractivity contribution is 7.80. The maximum atomic E-state index is 11.8. The minimum Gasteiger partial charge on any atom is -0.460 e. The first-order valence-electron chi connectivity index (χ1n) is 7.39. The fraction of sp³-hybridized carbons (Fsp3) is 0.786. The van der Waals surface area contributed by atoms with Gasteiger partial charge < -0.3 is 15.2 Å². The van der Waals surface area contributed by atoms with Crippen molar-refractivity contribution < 1.29 is 14.3 Å². The van der Waals surface area contributed by atoms with Gasteiger partial charge in [-0.2, -0.15) is 5.10 Å². The predicted molar refractivity (Wildman–Crippen MR) is 86.0 cm³/mol. The zero-order valence-corrected chi connectivity index (χ0v) is 13.6. The Bertz CT molecular complexity index is 388. The maximum Gasteiger partial charge on any atom is 0.309 e. The highest BCUT2D eigenvalue weighted by Crippen LogP contribution is 2.24. The fourth-order valence-electron chi connectivity index (χ4n) is 2.21. The summed E-state index contributed by atoms with van der Waals surface area (Å²) >= 11 is 4.67. The Hall–Kier alpha value is -1.21. The van der Waals surface area contributed by atoms with Gasteiger partial charge in [-0.05, 0) is 25.6 Å². The Labute approximate surface area is 131 Å². The highest BCUT2D eigenvalue weighted by atomic mass is 32.1. The van der Waals surface area contributed by atoms with E-state index in [4.69, 9.17) is 15.2 Å². The van der Waals surface area contributed by atoms with Gasteiger partial charge in [0.15, 0.2) is 5.11 Å². The van der Waals surface area contributed by atoms with Crippen molar-refractivity contribution in [3.05, 3.63) is 0 Å². The van der Waals surface area contributed by atoms with Crippen molar-refractivity contribution in [2.45, 2.75) is 52.1 Å². The van der Waals surface area contributed by atoms with E-state index in [1.54, 1.807) is 0 Å². The van der Waals surface area contributed by atoms with Crippen LogP contribution in [0.2, 0.25) is 0 Å². The van der Waals surface area contributed by atoms with Gasteiger partial charge in [0.1, 0.15) is 6.10 Å². The lowest BCUT2D eigenvalue weighted by Gasteiger charge is -2.09. The van der Waals surface area contributed by atoms with Crippen molar-refractivity contribution in [1.29, 1.82) is 0 Å². The van der Waals surface area contributed by atoms with E-state index in [-0.39, 0.29) is 23.1 Å². The average Bonchev–Trinajstić information content (AvgIpc) is 2.76. The summed E-state index contributed by atoms with van der Waals surface area (Å²) in [5, 5.41) is 4.12. The quantitative estimate of drug-likeness (QED) is 0.221. The van der Waals surface area contributed by atoms with E-state index in [0.29, 0.717) is 19.4 Å². The van der Waals surface area contributed by atoms with Crippen molar-refractivity contribution in [2.75, 3.05) is 13.2 Å². The molecule has 1 rings (SSSR count). The number of nitrogens with two attached hydrogens (primary N) is 1. The third kappa shape index (κ3) is 7.38. The van der Waals surface area contributed by atoms with E-state index in [0.717, 1.165) is 18.7 Å². The number of carbonyl (C=O) groups is 1. The van der Waals surface area contributed by atoms with Crippen LogP contribution in [0.25, 0.3) is 0 Å². The fourth-order valence-corrected chi connectivity index (χ4v) is 2.26. The molecule has 1 aliphatic rings. The van der Waals surface area contributed by atoms with E-state index in [1.165, 1.54) is 12.8 Å². The molecule has 1 saturated heterocycles. The molecule has 2 atom stereocenters. The molecule has 1 aliphatic heterocycles. The van der Waals surface area contributed by atoms with Crippen molar-refractivity contribution >= 4 is 29.0 Å². The molecule has 0 bridgehead atoms. The van der Waals surface area contributed by atoms with Crippen molar-refractivity contribution in [3.8, 4) is 0 Å². The lowest BCUT2D eigenvalue weighted by molar-refractivity contribution is -0.146. The normalized spacial score (nSPS) is 22.2. The summed E-state index contributed by atoms with van der Waals surface area (Å²) in [6.45, 7) is 5.19. The van der Waals surface area contributed by atoms with E-state index in [2.05, 4.69) is 29.7 Å². The standard InChI is InChI=1S/C14H25N3O3S/c1-3-4-5-6-19-9-12-8-11(13(18)20-12)7-10(2)16-17-14(15)21/h11-12H,3-9H2,1-2H3,(H3,15,17,21)/b16-10-/t11-,12-/m1/s1. The van der Waals surface area contributed by atoms with Crippen LogP contribution in [-0.4, -0.2) is 36.1 Å². The van der Waals surface area contributed by atoms with Gasteiger partial charge in [-0.3, -0.25) is 10.2 Å². The first-order valence-corrected chi connectivity index (χ1v) is 7.80. The van der Waals surface area contributed by atoms with Gasteiger partial charge in [-0.15, -0.1) is 0 Å². The molecular formula is C14H25N3O3S. The SMILES string of the molecule is CCCCCOC[C@H]1C[C@@H](C/C(C)=N\NC(N)=S)C(=O)O1. The summed E-state index contributed by atoms with van der Waals surface area (Å²) in [7, 11) is 0. The van der Waals surface area contributed by atoms with E-state index in [9.17, 15) is 4.79 Å². The number of cyclic esters (lactones) is 1. The molecule has 120 valence electrons. The van der Waals surface area contributed by atoms with Crippen LogP contribution >= 0.6 is 12.2 Å². The van der Waals surface area contributed by atoms with Gasteiger partial charge in [0.05, 0.1) is 12.5 Å². The summed E-state index contributed by atoms with van der Waals surface area (Å²) in [4.78, 5) is 11.8. The lowest BCUT2D eigenvalue weighted by atomic mass is 9.99. The van der Waals surface area contributed by atoms with Gasteiger partial charge in [0.2, 0.25) is 0 Å². The Kier molecular flexibility index (Phi) is 8.22. The molecule has 21 heavy (non-hydrogen) atoms. The van der Waals surface area contributed by atoms with Crippen molar-refractivity contribution in [3.63, 3.8) is 0 Å². The largest absolute Gasteiger partial charge is 0.460 e. The number of hydrogen-bond donors (Lipinski definition) is 2. The summed E-state index contributed by atoms with van der Waals surface area (Å²) in [6, 6.07) is 0. The molecule has 0 aromatic carbocycles. The molecule has 1 heterocycles. The molecule has 0 aliphatic carbocycles. The number of carbonyl (C=O) groups excluding carboxylic acids is 1. The number of ether oxygens (including phenoxy) is 2. The van der Waals surface area contributed by atoms with Gasteiger partial charge in [-0.1, -0.05) is 19.8 Å². The third-order valence-electron chi connectivity index (χ3n) is 3.26. The molecule has 6 nitrogen and oxygen atoms in total. The van der Waals surface area contributed by atoms with Gasteiger partial charge in [0, 0.05) is 25.2 Å². The first kappa shape index (κ1) is 17.8. The molecule has 0 spiro atoms. The topological polar surface area (TPSA) is 85.9 Å². The monoisotopic (exact) mass is 315 g/mol. The summed E-state index contributed by atoms with van der Waals surface area (Å²) in [5.41, 5.74) is 8.58. The van der Waals surface area contributed by atoms with E-state index >= 15 is 0 Å². The van der Waals surface area contributed by atoms with Crippen LogP contribution < -0.4 is 11.2 Å². The van der Waals surface area contributed by atoms with Crippen molar-refractivity contribution in [1.82, 2.24) is 5.43 Å². The second-order valence-electron chi connectivity index (χ2n) is 5.30. The molecule has 0 aromatic rings. The predicted octanol–water partition coefficient (Wildman–Crippen LogP) is 1.72. The molecular weight excluding hydrogens is 290 g/mol. The molecule has 0 unspecified atom stereocenters. The second kappa shape index (κ2) is 9.68. The molecule has 0 aromatic heterocycles. The number of nitrogens with one attached hydrogen (secondary N) is 1. The maximum absolute atomic E-state index is 11.8. The van der Waals surface area contributed by atoms with Gasteiger partial charge in [0.25, 0.3) is 0 Å². The third-order valence-corrected chi connectivity index (χ3v) is 3.35. The second-order valence-corrected chi connectivity index (χ2v) is 5.74. The smallest absolute Gasteiger partial charge is 0.309 e. The minimum atomic E-state index is -0.179. The average molecular weight is 315 g/mol. The Balaban J connectivity index is 2.27. The van der Waals surface area contributed by atoms with Crippen molar-refractivity contribution in [2.24, 2.45) is 16.8 Å². The van der Waals surface area contributed by atoms with Crippen LogP contribution in [-0.2, 0) is 14.3 Å². The molecule has 0 saturated carbocycles. The number of thiocarbonyl (C=S) groups is 1. The minimum absolute atomic E-state index is 0.113. The first-order chi connectivity index (χ1) is 10.0. The molecule has 0 amide bonds. The molecule has 3 N–H and O–H groups in total. The zero-order valence-electron chi connectivity index (χ0n) is 12.8. The zero-order chi connectivity index (χ0) is 15.7. The van der Waals surface area contributed by atoms with Crippen LogP contribution in [0.4, 0.5) is 0 Å². The number of unbranched alkanes of at least 4 members (excludes halogenated alkanes) is 2. The van der Waals surface area contributed by atoms with Crippen LogP contribution in [0.5, 0.6) is 0 Å². The van der Waals surface area contributed by atoms with Gasteiger partial charge in [-0.25, -0.2) is 0 Å². The summed E-state index contributed by atoms with van der Waals surface area (Å²) in [6.07, 6.45) is 4.46. The number of nitrogens with zero attached hydrogens (tertiary/aromatic N) is 1. The highest BCUT2D eigenvalue weighted by Gasteiger charge is 2.34. The molecule has 0 radical (unpaired) electrons. The van der Waals surface area contributed by atoms with Crippen LogP contribution in [0.15, 0.2) is 5.10 Å². The van der Waals surface area contributed by atoms with E-state index < -0.39 is 0 Å². The van der Waals surface area contributed by atoms with Crippen LogP contribution in [0.1, 0.15) is 46.0 Å². The Morgan fingerprint density at radius 2 is 2.33 bits per heavy atom. The molecule has 7 heteroatoms. The lowest BCUT2D eigenvalue weighted by Crippen LogP contribution is -2.25. The Morgan fingerprint density at radius 1 is 1.57 bits per heavy atom. The molecule has 1 fully saturated rings.